The highest BCUT2D eigenvalue weighted by atomic mass is 16.1. The maximum absolute atomic E-state index is 10.6. The molecule has 1 rings (SSSR count). The van der Waals surface area contributed by atoms with Crippen LogP contribution >= 0.6 is 0 Å². The summed E-state index contributed by atoms with van der Waals surface area (Å²) in [7, 11) is 0. The van der Waals surface area contributed by atoms with Crippen molar-refractivity contribution in [2.45, 2.75) is 6.92 Å². The fraction of sp³-hybridized carbons (Fsp3) is 0.143. The van der Waals surface area contributed by atoms with Crippen molar-refractivity contribution in [3.8, 4) is 0 Å². The van der Waals surface area contributed by atoms with Crippen molar-refractivity contribution in [3.63, 3.8) is 0 Å². The largest absolute Gasteiger partial charge is 0.293 e. The maximum Gasteiger partial charge on any atom is 0.178 e. The van der Waals surface area contributed by atoms with E-state index >= 15 is 0 Å². The molecule has 0 aliphatic carbocycles. The Balaban J connectivity index is 2.98. The van der Waals surface area contributed by atoms with E-state index in [0.29, 0.717) is 5.69 Å². The summed E-state index contributed by atoms with van der Waals surface area (Å²) in [6.45, 7) is 1.50. The summed E-state index contributed by atoms with van der Waals surface area (Å²) in [6, 6.07) is 5.28. The molecule has 1 aromatic heterocycles. The molecule has 0 bridgehead atoms. The molecule has 0 aliphatic rings. The van der Waals surface area contributed by atoms with Crippen molar-refractivity contribution in [2.24, 2.45) is 0 Å². The molecule has 0 saturated heterocycles. The third kappa shape index (κ3) is 1.35. The minimum absolute atomic E-state index is 0.00981. The summed E-state index contributed by atoms with van der Waals surface area (Å²) in [5, 5.41) is 0. The number of hydrogen-bond donors (Lipinski definition) is 0. The van der Waals surface area contributed by atoms with Gasteiger partial charge >= 0.3 is 0 Å². The van der Waals surface area contributed by atoms with Crippen LogP contribution in [0.1, 0.15) is 17.4 Å². The lowest BCUT2D eigenvalue weighted by Gasteiger charge is -1.88. The highest BCUT2D eigenvalue weighted by Crippen LogP contribution is 1.92. The normalized spacial score (nSPS) is 9.00. The van der Waals surface area contributed by atoms with Gasteiger partial charge in [-0.25, -0.2) is 0 Å². The van der Waals surface area contributed by atoms with E-state index in [9.17, 15) is 4.79 Å². The molecule has 2 nitrogen and oxygen atoms in total. The van der Waals surface area contributed by atoms with Crippen molar-refractivity contribution >= 4 is 5.78 Å². The van der Waals surface area contributed by atoms with Gasteiger partial charge in [0.15, 0.2) is 5.78 Å². The summed E-state index contributed by atoms with van der Waals surface area (Å²) < 4.78 is 0. The number of hydrogen-bond acceptors (Lipinski definition) is 2. The van der Waals surface area contributed by atoms with Gasteiger partial charge in [-0.1, -0.05) is 6.07 Å². The van der Waals surface area contributed by atoms with E-state index in [1.165, 1.54) is 6.92 Å². The van der Waals surface area contributed by atoms with Crippen molar-refractivity contribution in [1.29, 1.82) is 0 Å². The lowest BCUT2D eigenvalue weighted by atomic mass is 9.85. The Labute approximate surface area is 53.5 Å². The lowest BCUT2D eigenvalue weighted by molar-refractivity contribution is 0.101. The predicted octanol–water partition coefficient (Wildman–Crippen LogP) is 1.28. The van der Waals surface area contributed by atoms with Crippen LogP contribution in [0.2, 0.25) is 0 Å². The van der Waals surface area contributed by atoms with Gasteiger partial charge in [-0.3, -0.25) is 9.78 Å². The van der Waals surface area contributed by atoms with Gasteiger partial charge < -0.3 is 0 Å². The fourth-order valence-electron chi connectivity index (χ4n) is 0.571. The third-order valence-electron chi connectivity index (χ3n) is 1.03. The van der Waals surface area contributed by atoms with Crippen molar-refractivity contribution in [2.75, 3.05) is 0 Å². The molecule has 0 unspecified atom stereocenters. The summed E-state index contributed by atoms with van der Waals surface area (Å²) in [4.78, 5) is 14.4. The van der Waals surface area contributed by atoms with Crippen LogP contribution in [0.4, 0.5) is 0 Å². The molecule has 1 heterocycles. The molecular weight excluding hydrogens is 113 g/mol. The van der Waals surface area contributed by atoms with Gasteiger partial charge in [0.05, 0.1) is 0 Å². The topological polar surface area (TPSA) is 30.0 Å². The van der Waals surface area contributed by atoms with Gasteiger partial charge in [-0.05, 0) is 12.1 Å². The Morgan fingerprint density at radius 1 is 1.56 bits per heavy atom. The van der Waals surface area contributed by atoms with Crippen LogP contribution in [0.5, 0.6) is 0 Å². The standard InChI is InChI=1S/C7H7NO/c1-6(9)7-4-2-3-5-8-7/h2-5H,1H3/i6-1. The van der Waals surface area contributed by atoms with Crippen molar-refractivity contribution in [3.05, 3.63) is 30.1 Å². The summed E-state index contributed by atoms with van der Waals surface area (Å²) in [5.41, 5.74) is 0.525. The molecule has 0 saturated carbocycles. The second-order valence-electron chi connectivity index (χ2n) is 1.77. The van der Waals surface area contributed by atoms with E-state index in [2.05, 4.69) is 4.98 Å². The highest BCUT2D eigenvalue weighted by Gasteiger charge is 1.94. The smallest absolute Gasteiger partial charge is 0.178 e. The van der Waals surface area contributed by atoms with Crippen molar-refractivity contribution in [1.82, 2.24) is 4.98 Å². The van der Waals surface area contributed by atoms with E-state index in [1.807, 2.05) is 0 Å². The van der Waals surface area contributed by atoms with Crippen LogP contribution in [0.3, 0.4) is 0 Å². The first-order chi connectivity index (χ1) is 4.30. The van der Waals surface area contributed by atoms with Crippen LogP contribution in [-0.4, -0.2) is 10.8 Å². The first-order valence-corrected chi connectivity index (χ1v) is 2.72. The molecule has 0 amide bonds. The fourth-order valence-corrected chi connectivity index (χ4v) is 0.571. The van der Waals surface area contributed by atoms with E-state index in [4.69, 9.17) is 0 Å². The minimum atomic E-state index is 0.00981. The van der Waals surface area contributed by atoms with Gasteiger partial charge in [-0.2, -0.15) is 0 Å². The Kier molecular flexibility index (Phi) is 1.58. The average Bonchev–Trinajstić information content (AvgIpc) is 1.90. The second-order valence-corrected chi connectivity index (χ2v) is 1.77. The molecule has 9 heavy (non-hydrogen) atoms. The van der Waals surface area contributed by atoms with Crippen LogP contribution in [0.15, 0.2) is 24.4 Å². The van der Waals surface area contributed by atoms with Gasteiger partial charge in [-0.15, -0.1) is 0 Å². The SMILES string of the molecule is C[11C](=O)c1ccccn1. The summed E-state index contributed by atoms with van der Waals surface area (Å²) >= 11 is 0. The number of carbonyl (C=O) groups excluding carboxylic acids is 1. The molecule has 0 aromatic carbocycles. The summed E-state index contributed by atoms with van der Waals surface area (Å²) in [6.07, 6.45) is 1.61. The van der Waals surface area contributed by atoms with Crippen LogP contribution in [0, 0.1) is 0 Å². The second kappa shape index (κ2) is 2.40. The maximum atomic E-state index is 10.6. The van der Waals surface area contributed by atoms with E-state index in [1.54, 1.807) is 24.4 Å². The van der Waals surface area contributed by atoms with Crippen LogP contribution < -0.4 is 0 Å². The summed E-state index contributed by atoms with van der Waals surface area (Å²) in [5.74, 6) is 0.00981. The van der Waals surface area contributed by atoms with Crippen LogP contribution in [-0.2, 0) is 0 Å². The minimum Gasteiger partial charge on any atom is -0.293 e. The number of rotatable bonds is 1. The molecule has 0 radical (unpaired) electrons. The first-order valence-electron chi connectivity index (χ1n) is 2.72. The zero-order valence-electron chi connectivity index (χ0n) is 5.16. The Morgan fingerprint density at radius 3 is 2.67 bits per heavy atom. The monoisotopic (exact) mass is 120 g/mol. The Morgan fingerprint density at radius 2 is 2.33 bits per heavy atom. The molecule has 46 valence electrons. The first kappa shape index (κ1) is 5.95. The third-order valence-corrected chi connectivity index (χ3v) is 1.03. The van der Waals surface area contributed by atoms with E-state index in [-0.39, 0.29) is 5.78 Å². The van der Waals surface area contributed by atoms with Gasteiger partial charge in [0.2, 0.25) is 0 Å². The molecular formula is C7H7NO. The highest BCUT2D eigenvalue weighted by molar-refractivity contribution is 5.91. The number of pyridine rings is 1. The average molecular weight is 120 g/mol. The molecule has 0 aliphatic heterocycles. The van der Waals surface area contributed by atoms with Gasteiger partial charge in [0.25, 0.3) is 0 Å². The number of carbonyl (C=O) groups is 1. The zero-order chi connectivity index (χ0) is 6.69. The number of nitrogens with zero attached hydrogens (tertiary/aromatic N) is 1. The molecule has 1 aromatic rings. The zero-order valence-corrected chi connectivity index (χ0v) is 5.16. The van der Waals surface area contributed by atoms with E-state index in [0.717, 1.165) is 0 Å². The number of aromatic nitrogens is 1. The number of ketones is 1. The number of Topliss-reactive ketones (excluding diaryl/α,β-unsaturated/α-hetero) is 1. The predicted molar refractivity (Wildman–Crippen MR) is 34.2 cm³/mol. The molecule has 0 N–H and O–H groups in total. The van der Waals surface area contributed by atoms with Crippen LogP contribution in [0.25, 0.3) is 0 Å². The van der Waals surface area contributed by atoms with Gasteiger partial charge in [0, 0.05) is 13.1 Å². The lowest BCUT2D eigenvalue weighted by Crippen LogP contribution is -1.93. The molecule has 2 heteroatoms. The van der Waals surface area contributed by atoms with E-state index < -0.39 is 0 Å². The van der Waals surface area contributed by atoms with Crippen molar-refractivity contribution < 1.29 is 4.79 Å². The Bertz CT molecular complexity index is 205. The molecule has 0 spiro atoms. The van der Waals surface area contributed by atoms with Gasteiger partial charge in [0.1, 0.15) is 5.69 Å². The Hall–Kier alpha value is -1.18. The molecule has 0 fully saturated rings. The molecule has 0 atom stereocenters. The quantitative estimate of drug-likeness (QED) is 0.522.